The zero-order chi connectivity index (χ0) is 63.6. The van der Waals surface area contributed by atoms with Gasteiger partial charge in [-0.3, -0.25) is 37.3 Å². The Hall–Kier alpha value is -1.94. The highest BCUT2D eigenvalue weighted by Gasteiger charge is 2.30. The number of phosphoric ester groups is 2. The van der Waals surface area contributed by atoms with E-state index in [2.05, 4.69) is 41.5 Å². The van der Waals surface area contributed by atoms with E-state index in [-0.39, 0.29) is 25.7 Å². The number of carbonyl (C=O) groups is 4. The topological polar surface area (TPSA) is 237 Å². The summed E-state index contributed by atoms with van der Waals surface area (Å²) < 4.78 is 67.9. The van der Waals surface area contributed by atoms with Crippen molar-refractivity contribution in [2.75, 3.05) is 39.6 Å². The number of ether oxygens (including phenoxy) is 4. The Balaban J connectivity index is 5.12. The molecular formula is C67H130O17P2. The number of rotatable bonds is 66. The highest BCUT2D eigenvalue weighted by Crippen LogP contribution is 2.45. The molecule has 0 spiro atoms. The van der Waals surface area contributed by atoms with Gasteiger partial charge in [0.2, 0.25) is 0 Å². The molecule has 0 aliphatic carbocycles. The van der Waals surface area contributed by atoms with E-state index >= 15 is 0 Å². The minimum absolute atomic E-state index is 0.101. The number of phosphoric acid groups is 2. The fraction of sp³-hybridized carbons (Fsp3) is 0.940. The number of esters is 4. The van der Waals surface area contributed by atoms with E-state index in [1.807, 2.05) is 0 Å². The predicted octanol–water partition coefficient (Wildman–Crippen LogP) is 18.8. The van der Waals surface area contributed by atoms with Gasteiger partial charge in [-0.05, 0) is 37.5 Å². The third-order valence-electron chi connectivity index (χ3n) is 15.8. The van der Waals surface area contributed by atoms with Crippen molar-refractivity contribution < 1.29 is 80.2 Å². The molecule has 0 aromatic heterocycles. The monoisotopic (exact) mass is 1270 g/mol. The minimum atomic E-state index is -4.95. The molecule has 0 bridgehead atoms. The number of aliphatic hydroxyl groups excluding tert-OH is 1. The molecule has 0 aromatic carbocycles. The molecule has 0 fully saturated rings. The number of hydrogen-bond acceptors (Lipinski definition) is 15. The minimum Gasteiger partial charge on any atom is -0.462 e. The van der Waals surface area contributed by atoms with Gasteiger partial charge < -0.3 is 33.8 Å². The summed E-state index contributed by atoms with van der Waals surface area (Å²) in [5, 5.41) is 10.5. The molecule has 3 N–H and O–H groups in total. The zero-order valence-electron chi connectivity index (χ0n) is 55.6. The van der Waals surface area contributed by atoms with Gasteiger partial charge in [-0.2, -0.15) is 0 Å². The average Bonchev–Trinajstić information content (AvgIpc) is 3.68. The summed E-state index contributed by atoms with van der Waals surface area (Å²) >= 11 is 0. The number of carbonyl (C=O) groups excluding carboxylic acids is 4. The highest BCUT2D eigenvalue weighted by atomic mass is 31.2. The largest absolute Gasteiger partial charge is 0.472 e. The van der Waals surface area contributed by atoms with Gasteiger partial charge in [0, 0.05) is 25.7 Å². The lowest BCUT2D eigenvalue weighted by molar-refractivity contribution is -0.161. The molecule has 0 saturated carbocycles. The van der Waals surface area contributed by atoms with Crippen LogP contribution in [0.1, 0.15) is 337 Å². The van der Waals surface area contributed by atoms with E-state index in [1.54, 1.807) is 0 Å². The molecule has 0 rings (SSSR count). The maximum Gasteiger partial charge on any atom is 0.472 e. The molecule has 0 amide bonds. The number of hydrogen-bond donors (Lipinski definition) is 3. The Morgan fingerprint density at radius 3 is 0.884 bits per heavy atom. The van der Waals surface area contributed by atoms with Crippen LogP contribution >= 0.6 is 15.6 Å². The van der Waals surface area contributed by atoms with Gasteiger partial charge in [-0.25, -0.2) is 9.13 Å². The maximum atomic E-state index is 13.0. The van der Waals surface area contributed by atoms with Gasteiger partial charge in [0.25, 0.3) is 0 Å². The van der Waals surface area contributed by atoms with Crippen molar-refractivity contribution in [1.82, 2.24) is 0 Å². The molecule has 3 unspecified atom stereocenters. The SMILES string of the molecule is CCCCCCCCCCCCCCCCCCCCCCC(=O)O[C@H](COC(=O)CCCCCCCCCCC(C)CC)COP(=O)(O)OC[C@@H](O)COP(=O)(O)OC[C@@H](COC(=O)CCCCCCC)OC(=O)CCCCCCCCC(C)C. The van der Waals surface area contributed by atoms with Crippen LogP contribution in [0.25, 0.3) is 0 Å². The van der Waals surface area contributed by atoms with E-state index in [1.165, 1.54) is 148 Å². The Morgan fingerprint density at radius 2 is 0.593 bits per heavy atom. The molecule has 510 valence electrons. The molecule has 19 heteroatoms. The summed E-state index contributed by atoms with van der Waals surface area (Å²) in [6.07, 6.45) is 43.8. The van der Waals surface area contributed by atoms with Crippen LogP contribution in [0, 0.1) is 11.8 Å². The second-order valence-electron chi connectivity index (χ2n) is 24.9. The third kappa shape index (κ3) is 59.7. The highest BCUT2D eigenvalue weighted by molar-refractivity contribution is 7.47. The van der Waals surface area contributed by atoms with Crippen LogP contribution in [0.2, 0.25) is 0 Å². The van der Waals surface area contributed by atoms with Crippen molar-refractivity contribution in [1.29, 1.82) is 0 Å². The van der Waals surface area contributed by atoms with Crippen molar-refractivity contribution in [3.8, 4) is 0 Å². The van der Waals surface area contributed by atoms with Crippen molar-refractivity contribution >= 4 is 39.5 Å². The second-order valence-corrected chi connectivity index (χ2v) is 27.8. The second kappa shape index (κ2) is 59.4. The van der Waals surface area contributed by atoms with E-state index in [4.69, 9.17) is 37.0 Å². The summed E-state index contributed by atoms with van der Waals surface area (Å²) in [5.41, 5.74) is 0. The van der Waals surface area contributed by atoms with Crippen LogP contribution in [-0.4, -0.2) is 96.7 Å². The average molecular weight is 1270 g/mol. The quantitative estimate of drug-likeness (QED) is 0.0222. The zero-order valence-corrected chi connectivity index (χ0v) is 57.4. The molecule has 0 radical (unpaired) electrons. The molecule has 0 heterocycles. The van der Waals surface area contributed by atoms with Gasteiger partial charge in [0.05, 0.1) is 26.4 Å². The Bertz CT molecular complexity index is 1690. The van der Waals surface area contributed by atoms with Crippen molar-refractivity contribution in [3.63, 3.8) is 0 Å². The molecule has 6 atom stereocenters. The summed E-state index contributed by atoms with van der Waals surface area (Å²) in [5.74, 6) is -0.699. The fourth-order valence-electron chi connectivity index (χ4n) is 10.0. The Kier molecular flexibility index (Phi) is 58.0. The lowest BCUT2D eigenvalue weighted by Gasteiger charge is -2.21. The van der Waals surface area contributed by atoms with E-state index in [0.29, 0.717) is 31.6 Å². The maximum absolute atomic E-state index is 13.0. The molecule has 17 nitrogen and oxygen atoms in total. The van der Waals surface area contributed by atoms with E-state index < -0.39 is 97.5 Å². The smallest absolute Gasteiger partial charge is 0.462 e. The standard InChI is InChI=1S/C67H130O17P2/c1-7-10-12-14-15-16-17-18-19-20-21-22-23-24-25-26-27-32-39-45-51-66(71)83-63(56-78-65(70)50-44-38-31-29-28-30-37-42-48-60(6)9-3)58-82-86(75,76)80-54-61(68)53-79-85(73,74)81-57-62(55-77-64(69)49-43-35-13-11-8-2)84-67(72)52-46-40-34-33-36-41-47-59(4)5/h59-63,68H,7-58H2,1-6H3,(H,73,74)(H,75,76)/t60?,61-,62+,63+/m0/s1. The number of aliphatic hydroxyl groups is 1. The first-order valence-corrected chi connectivity index (χ1v) is 38.0. The number of unbranched alkanes of at least 4 members (excludes halogenated alkanes) is 35. The van der Waals surface area contributed by atoms with Crippen LogP contribution in [0.4, 0.5) is 0 Å². The lowest BCUT2D eigenvalue weighted by Crippen LogP contribution is -2.30. The first kappa shape index (κ1) is 84.1. The van der Waals surface area contributed by atoms with Crippen molar-refractivity contribution in [2.24, 2.45) is 11.8 Å². The molecule has 0 saturated heterocycles. The van der Waals surface area contributed by atoms with Gasteiger partial charge in [-0.15, -0.1) is 0 Å². The molecular weight excluding hydrogens is 1140 g/mol. The third-order valence-corrected chi connectivity index (χ3v) is 17.7. The fourth-order valence-corrected chi connectivity index (χ4v) is 11.6. The van der Waals surface area contributed by atoms with Crippen molar-refractivity contribution in [2.45, 2.75) is 355 Å². The van der Waals surface area contributed by atoms with Crippen molar-refractivity contribution in [3.05, 3.63) is 0 Å². The molecule has 0 aliphatic rings. The van der Waals surface area contributed by atoms with Crippen LogP contribution in [0.3, 0.4) is 0 Å². The molecule has 0 aromatic rings. The lowest BCUT2D eigenvalue weighted by atomic mass is 9.99. The van der Waals surface area contributed by atoms with Crippen LogP contribution < -0.4 is 0 Å². The normalized spacial score (nSPS) is 14.5. The predicted molar refractivity (Wildman–Crippen MR) is 345 cm³/mol. The van der Waals surface area contributed by atoms with Crippen LogP contribution in [-0.2, 0) is 65.4 Å². The van der Waals surface area contributed by atoms with Crippen LogP contribution in [0.5, 0.6) is 0 Å². The molecule has 0 aliphatic heterocycles. The summed E-state index contributed by atoms with van der Waals surface area (Å²) in [7, 11) is -9.88. The van der Waals surface area contributed by atoms with E-state index in [0.717, 1.165) is 102 Å². The first-order chi connectivity index (χ1) is 41.4. The Morgan fingerprint density at radius 1 is 0.337 bits per heavy atom. The Labute approximate surface area is 524 Å². The molecule has 86 heavy (non-hydrogen) atoms. The van der Waals surface area contributed by atoms with E-state index in [9.17, 15) is 43.2 Å². The van der Waals surface area contributed by atoms with Gasteiger partial charge in [0.15, 0.2) is 12.2 Å². The van der Waals surface area contributed by atoms with Crippen LogP contribution in [0.15, 0.2) is 0 Å². The first-order valence-electron chi connectivity index (χ1n) is 35.0. The summed E-state index contributed by atoms with van der Waals surface area (Å²) in [6, 6.07) is 0. The van der Waals surface area contributed by atoms with Gasteiger partial charge in [0.1, 0.15) is 19.3 Å². The summed E-state index contributed by atoms with van der Waals surface area (Å²) in [6.45, 7) is 9.34. The van der Waals surface area contributed by atoms with Gasteiger partial charge in [-0.1, -0.05) is 286 Å². The summed E-state index contributed by atoms with van der Waals surface area (Å²) in [4.78, 5) is 72.0. The van der Waals surface area contributed by atoms with Gasteiger partial charge >= 0.3 is 39.5 Å².